The predicted octanol–water partition coefficient (Wildman–Crippen LogP) is 2.75. The van der Waals surface area contributed by atoms with Gasteiger partial charge in [0, 0.05) is 42.3 Å². The van der Waals surface area contributed by atoms with Gasteiger partial charge in [0.2, 0.25) is 0 Å². The van der Waals surface area contributed by atoms with Crippen molar-refractivity contribution in [3.05, 3.63) is 34.9 Å². The molecule has 1 fully saturated rings. The van der Waals surface area contributed by atoms with Crippen LogP contribution in [0, 0.1) is 0 Å². The summed E-state index contributed by atoms with van der Waals surface area (Å²) in [6.45, 7) is 9.78. The first kappa shape index (κ1) is 15.8. The molecule has 1 saturated heterocycles. The van der Waals surface area contributed by atoms with Gasteiger partial charge in [-0.3, -0.25) is 9.80 Å². The van der Waals surface area contributed by atoms with Gasteiger partial charge in [-0.25, -0.2) is 0 Å². The van der Waals surface area contributed by atoms with E-state index in [1.807, 2.05) is 18.2 Å². The molecule has 0 saturated carbocycles. The maximum atomic E-state index is 6.27. The van der Waals surface area contributed by atoms with Crippen molar-refractivity contribution >= 4 is 11.6 Å². The highest BCUT2D eigenvalue weighted by molar-refractivity contribution is 6.30. The topological polar surface area (TPSA) is 32.5 Å². The lowest BCUT2D eigenvalue weighted by Gasteiger charge is -2.48. The molecule has 2 unspecified atom stereocenters. The van der Waals surface area contributed by atoms with Crippen molar-refractivity contribution in [2.24, 2.45) is 5.73 Å². The Kier molecular flexibility index (Phi) is 4.75. The molecule has 4 heteroatoms. The zero-order chi connectivity index (χ0) is 14.9. The molecule has 0 amide bonds. The summed E-state index contributed by atoms with van der Waals surface area (Å²) in [4.78, 5) is 4.91. The van der Waals surface area contributed by atoms with Crippen molar-refractivity contribution in [1.82, 2.24) is 9.80 Å². The summed E-state index contributed by atoms with van der Waals surface area (Å²) in [6, 6.07) is 8.40. The van der Waals surface area contributed by atoms with Gasteiger partial charge in [-0.15, -0.1) is 0 Å². The van der Waals surface area contributed by atoms with Gasteiger partial charge in [0.05, 0.1) is 0 Å². The summed E-state index contributed by atoms with van der Waals surface area (Å²) in [5.41, 5.74) is 7.66. The fourth-order valence-corrected chi connectivity index (χ4v) is 3.25. The van der Waals surface area contributed by atoms with E-state index in [9.17, 15) is 0 Å². The molecule has 0 aliphatic carbocycles. The molecule has 3 nitrogen and oxygen atoms in total. The summed E-state index contributed by atoms with van der Waals surface area (Å²) in [5.74, 6) is 0. The highest BCUT2D eigenvalue weighted by Gasteiger charge is 2.35. The molecule has 1 heterocycles. The standard InChI is InChI=1S/C16H26ClN3/c1-12(18)15(13-6-5-7-14(17)10-13)20-9-8-19(4)16(2,3)11-20/h5-7,10,12,15H,8-9,11,18H2,1-4H3. The number of halogens is 1. The second kappa shape index (κ2) is 6.02. The Morgan fingerprint density at radius 3 is 2.55 bits per heavy atom. The Balaban J connectivity index is 2.26. The molecule has 1 aromatic rings. The fourth-order valence-electron chi connectivity index (χ4n) is 3.05. The second-order valence-electron chi connectivity index (χ2n) is 6.56. The molecule has 0 spiro atoms. The third kappa shape index (κ3) is 3.34. The van der Waals surface area contributed by atoms with Gasteiger partial charge in [-0.2, -0.15) is 0 Å². The average Bonchev–Trinajstić information content (AvgIpc) is 2.33. The van der Waals surface area contributed by atoms with Crippen LogP contribution in [0.15, 0.2) is 24.3 Å². The number of hydrogen-bond acceptors (Lipinski definition) is 3. The highest BCUT2D eigenvalue weighted by Crippen LogP contribution is 2.30. The summed E-state index contributed by atoms with van der Waals surface area (Å²) >= 11 is 6.14. The van der Waals surface area contributed by atoms with E-state index in [1.54, 1.807) is 0 Å². The summed E-state index contributed by atoms with van der Waals surface area (Å²) in [5, 5.41) is 0.779. The zero-order valence-corrected chi connectivity index (χ0v) is 13.7. The fraction of sp³-hybridized carbons (Fsp3) is 0.625. The van der Waals surface area contributed by atoms with Gasteiger partial charge in [-0.05, 0) is 45.5 Å². The number of nitrogens with two attached hydrogens (primary N) is 1. The molecule has 2 atom stereocenters. The van der Waals surface area contributed by atoms with Crippen LogP contribution in [0.2, 0.25) is 5.02 Å². The largest absolute Gasteiger partial charge is 0.326 e. The number of rotatable bonds is 3. The van der Waals surface area contributed by atoms with E-state index >= 15 is 0 Å². The van der Waals surface area contributed by atoms with Crippen molar-refractivity contribution in [3.63, 3.8) is 0 Å². The number of benzene rings is 1. The first-order valence-corrected chi connectivity index (χ1v) is 7.65. The molecular weight excluding hydrogens is 270 g/mol. The minimum absolute atomic E-state index is 0.0765. The van der Waals surface area contributed by atoms with Crippen molar-refractivity contribution in [3.8, 4) is 0 Å². The maximum absolute atomic E-state index is 6.27. The Bertz CT molecular complexity index is 459. The van der Waals surface area contributed by atoms with Gasteiger partial charge in [0.1, 0.15) is 0 Å². The lowest BCUT2D eigenvalue weighted by Crippen LogP contribution is -2.59. The Labute approximate surface area is 127 Å². The molecule has 2 rings (SSSR count). The molecule has 112 valence electrons. The lowest BCUT2D eigenvalue weighted by atomic mass is 9.93. The predicted molar refractivity (Wildman–Crippen MR) is 86.1 cm³/mol. The summed E-state index contributed by atoms with van der Waals surface area (Å²) < 4.78 is 0. The van der Waals surface area contributed by atoms with Crippen LogP contribution in [0.5, 0.6) is 0 Å². The molecule has 1 aliphatic rings. The first-order valence-electron chi connectivity index (χ1n) is 7.27. The van der Waals surface area contributed by atoms with Crippen LogP contribution in [-0.4, -0.2) is 48.1 Å². The maximum Gasteiger partial charge on any atom is 0.0498 e. The number of piperazine rings is 1. The van der Waals surface area contributed by atoms with E-state index in [4.69, 9.17) is 17.3 Å². The minimum Gasteiger partial charge on any atom is -0.326 e. The van der Waals surface area contributed by atoms with E-state index in [-0.39, 0.29) is 17.6 Å². The second-order valence-corrected chi connectivity index (χ2v) is 7.00. The monoisotopic (exact) mass is 295 g/mol. The van der Waals surface area contributed by atoms with Crippen molar-refractivity contribution in [1.29, 1.82) is 0 Å². The highest BCUT2D eigenvalue weighted by atomic mass is 35.5. The van der Waals surface area contributed by atoms with E-state index in [2.05, 4.69) is 43.7 Å². The molecule has 2 N–H and O–H groups in total. The Morgan fingerprint density at radius 1 is 1.30 bits per heavy atom. The van der Waals surface area contributed by atoms with Crippen LogP contribution in [0.4, 0.5) is 0 Å². The van der Waals surface area contributed by atoms with Crippen LogP contribution in [0.1, 0.15) is 32.4 Å². The van der Waals surface area contributed by atoms with Gasteiger partial charge in [0.15, 0.2) is 0 Å². The zero-order valence-electron chi connectivity index (χ0n) is 12.9. The first-order chi connectivity index (χ1) is 9.31. The van der Waals surface area contributed by atoms with E-state index in [0.717, 1.165) is 24.7 Å². The summed E-state index contributed by atoms with van der Waals surface area (Å²) in [7, 11) is 2.19. The van der Waals surface area contributed by atoms with Crippen molar-refractivity contribution in [2.45, 2.75) is 38.4 Å². The van der Waals surface area contributed by atoms with Gasteiger partial charge < -0.3 is 5.73 Å². The molecular formula is C16H26ClN3. The molecule has 0 aromatic heterocycles. The molecule has 0 bridgehead atoms. The van der Waals surface area contributed by atoms with Crippen LogP contribution in [0.25, 0.3) is 0 Å². The third-order valence-corrected chi connectivity index (χ3v) is 4.66. The van der Waals surface area contributed by atoms with Crippen LogP contribution >= 0.6 is 11.6 Å². The van der Waals surface area contributed by atoms with Crippen LogP contribution in [0.3, 0.4) is 0 Å². The number of nitrogens with zero attached hydrogens (tertiary/aromatic N) is 2. The van der Waals surface area contributed by atoms with Gasteiger partial charge in [-0.1, -0.05) is 23.7 Å². The van der Waals surface area contributed by atoms with Crippen LogP contribution in [-0.2, 0) is 0 Å². The normalized spacial score (nSPS) is 23.5. The average molecular weight is 296 g/mol. The number of likely N-dealkylation sites (N-methyl/N-ethyl adjacent to an activating group) is 1. The van der Waals surface area contributed by atoms with E-state index in [1.165, 1.54) is 5.56 Å². The van der Waals surface area contributed by atoms with Gasteiger partial charge >= 0.3 is 0 Å². The molecule has 20 heavy (non-hydrogen) atoms. The van der Waals surface area contributed by atoms with E-state index < -0.39 is 0 Å². The quantitative estimate of drug-likeness (QED) is 0.931. The minimum atomic E-state index is 0.0765. The summed E-state index contributed by atoms with van der Waals surface area (Å²) in [6.07, 6.45) is 0. The Morgan fingerprint density at radius 2 is 2.00 bits per heavy atom. The third-order valence-electron chi connectivity index (χ3n) is 4.43. The lowest BCUT2D eigenvalue weighted by molar-refractivity contribution is 0.0112. The smallest absolute Gasteiger partial charge is 0.0498 e. The number of hydrogen-bond donors (Lipinski definition) is 1. The van der Waals surface area contributed by atoms with Crippen molar-refractivity contribution < 1.29 is 0 Å². The van der Waals surface area contributed by atoms with Gasteiger partial charge in [0.25, 0.3) is 0 Å². The van der Waals surface area contributed by atoms with Crippen LogP contribution < -0.4 is 5.73 Å². The SMILES string of the molecule is CC(N)C(c1cccc(Cl)c1)N1CCN(C)C(C)(C)C1. The molecule has 1 aliphatic heterocycles. The Hall–Kier alpha value is -0.610. The van der Waals surface area contributed by atoms with E-state index in [0.29, 0.717) is 0 Å². The molecule has 0 radical (unpaired) electrons. The molecule has 1 aromatic carbocycles. The van der Waals surface area contributed by atoms with Crippen molar-refractivity contribution in [2.75, 3.05) is 26.7 Å².